The second-order valence-corrected chi connectivity index (χ2v) is 7.92. The van der Waals surface area contributed by atoms with Crippen molar-refractivity contribution in [2.75, 3.05) is 25.0 Å². The first kappa shape index (κ1) is 21.2. The van der Waals surface area contributed by atoms with Crippen LogP contribution in [0.1, 0.15) is 32.9 Å². The summed E-state index contributed by atoms with van der Waals surface area (Å²) in [5, 5.41) is 0. The maximum Gasteiger partial charge on any atom is 0.433 e. The van der Waals surface area contributed by atoms with Crippen molar-refractivity contribution in [2.45, 2.75) is 38.9 Å². The molecular weight excluding hydrogens is 383 g/mol. The predicted octanol–water partition coefficient (Wildman–Crippen LogP) is 3.64. The zero-order valence-electron chi connectivity index (χ0n) is 16.9. The monoisotopic (exact) mass is 407 g/mol. The molecule has 1 aliphatic heterocycles. The minimum Gasteiger partial charge on any atom is -0.298 e. The third-order valence-electron chi connectivity index (χ3n) is 5.26. The summed E-state index contributed by atoms with van der Waals surface area (Å²) in [4.78, 5) is 28.5. The molecule has 156 valence electrons. The fraction of sp³-hybridized carbons (Fsp3) is 0.500. The fourth-order valence-electron chi connectivity index (χ4n) is 3.45. The van der Waals surface area contributed by atoms with E-state index in [0.29, 0.717) is 23.0 Å². The van der Waals surface area contributed by atoms with Gasteiger partial charge < -0.3 is 0 Å². The predicted molar refractivity (Wildman–Crippen MR) is 103 cm³/mol. The number of likely N-dealkylation sites (tertiary alicyclic amines) is 1. The lowest BCUT2D eigenvalue weighted by molar-refractivity contribution is -0.141. The van der Waals surface area contributed by atoms with E-state index in [2.05, 4.69) is 33.7 Å². The first-order valence-electron chi connectivity index (χ1n) is 9.41. The molecule has 0 aromatic carbocycles. The maximum absolute atomic E-state index is 13.1. The Bertz CT molecular complexity index is 884. The van der Waals surface area contributed by atoms with Crippen LogP contribution in [0.5, 0.6) is 0 Å². The quantitative estimate of drug-likeness (QED) is 0.757. The Morgan fingerprint density at radius 2 is 2.00 bits per heavy atom. The van der Waals surface area contributed by atoms with E-state index in [1.54, 1.807) is 13.1 Å². The van der Waals surface area contributed by atoms with Gasteiger partial charge >= 0.3 is 6.18 Å². The largest absolute Gasteiger partial charge is 0.433 e. The van der Waals surface area contributed by atoms with Gasteiger partial charge in [-0.3, -0.25) is 19.6 Å². The van der Waals surface area contributed by atoms with Crippen molar-refractivity contribution in [3.05, 3.63) is 36.4 Å². The number of hydrogen-bond acceptors (Lipinski definition) is 5. The van der Waals surface area contributed by atoms with Crippen molar-refractivity contribution in [2.24, 2.45) is 5.92 Å². The molecule has 9 heteroatoms. The molecule has 1 saturated heterocycles. The topological polar surface area (TPSA) is 62.2 Å². The van der Waals surface area contributed by atoms with E-state index in [0.717, 1.165) is 31.8 Å². The number of nitrogens with zero attached hydrogens (tertiary/aromatic N) is 5. The molecule has 0 radical (unpaired) electrons. The molecule has 1 atom stereocenters. The molecule has 0 spiro atoms. The number of likely N-dealkylation sites (N-methyl/N-ethyl adjacent to an activating group) is 1. The van der Waals surface area contributed by atoms with Gasteiger partial charge in [-0.1, -0.05) is 13.8 Å². The number of amides is 1. The number of rotatable bonds is 5. The average Bonchev–Trinajstić information content (AvgIpc) is 2.69. The Labute approximate surface area is 167 Å². The second-order valence-electron chi connectivity index (χ2n) is 7.92. The van der Waals surface area contributed by atoms with Crippen LogP contribution in [-0.4, -0.2) is 51.4 Å². The summed E-state index contributed by atoms with van der Waals surface area (Å²) in [5.74, 6) is 0.766. The van der Waals surface area contributed by atoms with Gasteiger partial charge in [0.05, 0.1) is 11.2 Å². The van der Waals surface area contributed by atoms with Gasteiger partial charge in [0.2, 0.25) is 5.91 Å². The molecule has 1 amide bonds. The number of carbonyl (C=O) groups excluding carboxylic acids is 1. The standard InChI is InChI=1S/C20H24F3N5O/c1-13(2)11-28-8-7-19(28,3)18(29)27(4)17-9-15(25-12-26-17)14-5-6-16(24-10-14)20(21,22)23/h5-6,9-10,12-13H,7-8,11H2,1-4H3. The molecule has 0 bridgehead atoms. The van der Waals surface area contributed by atoms with Gasteiger partial charge in [0.15, 0.2) is 0 Å². The van der Waals surface area contributed by atoms with Gasteiger partial charge in [0, 0.05) is 38.0 Å². The van der Waals surface area contributed by atoms with Crippen LogP contribution in [0, 0.1) is 5.92 Å². The van der Waals surface area contributed by atoms with E-state index in [1.807, 2.05) is 6.92 Å². The van der Waals surface area contributed by atoms with E-state index >= 15 is 0 Å². The molecule has 3 heterocycles. The van der Waals surface area contributed by atoms with Gasteiger partial charge in [0.25, 0.3) is 0 Å². The zero-order valence-corrected chi connectivity index (χ0v) is 16.9. The number of anilines is 1. The molecule has 29 heavy (non-hydrogen) atoms. The zero-order chi connectivity index (χ0) is 21.4. The molecular formula is C20H24F3N5O. The van der Waals surface area contributed by atoms with Gasteiger partial charge in [-0.05, 0) is 31.4 Å². The summed E-state index contributed by atoms with van der Waals surface area (Å²) in [5.41, 5.74) is -0.738. The molecule has 2 aromatic rings. The van der Waals surface area contributed by atoms with Crippen LogP contribution in [-0.2, 0) is 11.0 Å². The number of carbonyl (C=O) groups is 1. The molecule has 3 rings (SSSR count). The van der Waals surface area contributed by atoms with Crippen LogP contribution >= 0.6 is 0 Å². The first-order valence-corrected chi connectivity index (χ1v) is 9.41. The van der Waals surface area contributed by atoms with Gasteiger partial charge in [-0.25, -0.2) is 9.97 Å². The molecule has 6 nitrogen and oxygen atoms in total. The number of alkyl halides is 3. The normalized spacial score (nSPS) is 19.9. The van der Waals surface area contributed by atoms with Crippen molar-refractivity contribution >= 4 is 11.7 Å². The molecule has 1 unspecified atom stereocenters. The SMILES string of the molecule is CC(C)CN1CCC1(C)C(=O)N(C)c1cc(-c2ccc(C(F)(F)F)nc2)ncn1. The molecule has 1 aliphatic rings. The van der Waals surface area contributed by atoms with E-state index in [9.17, 15) is 18.0 Å². The van der Waals surface area contributed by atoms with E-state index < -0.39 is 17.4 Å². The Balaban J connectivity index is 1.81. The number of pyridine rings is 1. The Hall–Kier alpha value is -2.55. The summed E-state index contributed by atoms with van der Waals surface area (Å²) in [6.45, 7) is 7.87. The number of halogens is 3. The van der Waals surface area contributed by atoms with E-state index in [4.69, 9.17) is 0 Å². The lowest BCUT2D eigenvalue weighted by atomic mass is 9.84. The average molecular weight is 407 g/mol. The molecule has 1 fully saturated rings. The number of hydrogen-bond donors (Lipinski definition) is 0. The highest BCUT2D eigenvalue weighted by molar-refractivity contribution is 5.99. The smallest absolute Gasteiger partial charge is 0.298 e. The molecule has 0 saturated carbocycles. The summed E-state index contributed by atoms with van der Waals surface area (Å²) in [6, 6.07) is 3.80. The van der Waals surface area contributed by atoms with Crippen molar-refractivity contribution in [1.29, 1.82) is 0 Å². The van der Waals surface area contributed by atoms with Crippen molar-refractivity contribution in [3.8, 4) is 11.3 Å². The van der Waals surface area contributed by atoms with Gasteiger partial charge in [-0.2, -0.15) is 13.2 Å². The highest BCUT2D eigenvalue weighted by Crippen LogP contribution is 2.34. The van der Waals surface area contributed by atoms with Crippen LogP contribution in [0.2, 0.25) is 0 Å². The van der Waals surface area contributed by atoms with Crippen molar-refractivity contribution < 1.29 is 18.0 Å². The molecule has 0 aliphatic carbocycles. The van der Waals surface area contributed by atoms with Crippen LogP contribution in [0.3, 0.4) is 0 Å². The summed E-state index contributed by atoms with van der Waals surface area (Å²) < 4.78 is 38.1. The Kier molecular flexibility index (Phi) is 5.62. The Morgan fingerprint density at radius 1 is 1.28 bits per heavy atom. The number of aromatic nitrogens is 3. The second kappa shape index (κ2) is 7.70. The van der Waals surface area contributed by atoms with Crippen LogP contribution in [0.4, 0.5) is 19.0 Å². The summed E-state index contributed by atoms with van der Waals surface area (Å²) >= 11 is 0. The third-order valence-corrected chi connectivity index (χ3v) is 5.26. The molecule has 2 aromatic heterocycles. The molecule has 0 N–H and O–H groups in total. The van der Waals surface area contributed by atoms with Crippen LogP contribution < -0.4 is 4.90 Å². The van der Waals surface area contributed by atoms with Gasteiger partial charge in [-0.15, -0.1) is 0 Å². The maximum atomic E-state index is 13.1. The minimum atomic E-state index is -4.50. The lowest BCUT2D eigenvalue weighted by Gasteiger charge is -2.51. The minimum absolute atomic E-state index is 0.0698. The first-order chi connectivity index (χ1) is 13.5. The summed E-state index contributed by atoms with van der Waals surface area (Å²) in [7, 11) is 1.65. The van der Waals surface area contributed by atoms with E-state index in [1.165, 1.54) is 17.3 Å². The van der Waals surface area contributed by atoms with Crippen LogP contribution in [0.25, 0.3) is 11.3 Å². The van der Waals surface area contributed by atoms with Gasteiger partial charge in [0.1, 0.15) is 17.8 Å². The fourth-order valence-corrected chi connectivity index (χ4v) is 3.45. The summed E-state index contributed by atoms with van der Waals surface area (Å²) in [6.07, 6.45) is -1.32. The third kappa shape index (κ3) is 4.24. The van der Waals surface area contributed by atoms with Crippen LogP contribution in [0.15, 0.2) is 30.7 Å². The Morgan fingerprint density at radius 3 is 2.52 bits per heavy atom. The van der Waals surface area contributed by atoms with Crippen molar-refractivity contribution in [1.82, 2.24) is 19.9 Å². The van der Waals surface area contributed by atoms with E-state index in [-0.39, 0.29) is 5.91 Å². The lowest BCUT2D eigenvalue weighted by Crippen LogP contribution is -2.66. The highest BCUT2D eigenvalue weighted by Gasteiger charge is 2.48. The highest BCUT2D eigenvalue weighted by atomic mass is 19.4. The van der Waals surface area contributed by atoms with Crippen molar-refractivity contribution in [3.63, 3.8) is 0 Å².